The molecule has 0 radical (unpaired) electrons. The molecular weight excluding hydrogens is 369 g/mol. The first-order chi connectivity index (χ1) is 11.5. The summed E-state index contributed by atoms with van der Waals surface area (Å²) in [6, 6.07) is 14.3. The lowest BCUT2D eigenvalue weighted by molar-refractivity contribution is -0.119. The van der Waals surface area contributed by atoms with Crippen LogP contribution in [0.3, 0.4) is 0 Å². The second-order valence-electron chi connectivity index (χ2n) is 4.87. The highest BCUT2D eigenvalue weighted by Gasteiger charge is 2.14. The lowest BCUT2D eigenvalue weighted by Gasteiger charge is -2.08. The van der Waals surface area contributed by atoms with Gasteiger partial charge < -0.3 is 10.1 Å². The second-order valence-corrected chi connectivity index (χ2v) is 6.74. The summed E-state index contributed by atoms with van der Waals surface area (Å²) >= 11 is 13.2. The Balaban J connectivity index is 1.61. The van der Waals surface area contributed by atoms with Crippen LogP contribution in [0.2, 0.25) is 10.0 Å². The van der Waals surface area contributed by atoms with Crippen LogP contribution in [0.5, 0.6) is 0 Å². The smallest absolute Gasteiger partial charge is 0.348 e. The number of fused-ring (bicyclic) bond motifs is 1. The van der Waals surface area contributed by atoms with Crippen LogP contribution in [0.15, 0.2) is 48.5 Å². The molecule has 0 atom stereocenters. The van der Waals surface area contributed by atoms with Crippen LogP contribution in [0.25, 0.3) is 10.1 Å². The normalized spacial score (nSPS) is 10.6. The first-order valence-electron chi connectivity index (χ1n) is 6.94. The molecule has 2 aromatic carbocycles. The van der Waals surface area contributed by atoms with Crippen molar-refractivity contribution in [3.8, 4) is 0 Å². The van der Waals surface area contributed by atoms with Crippen molar-refractivity contribution in [3.05, 3.63) is 63.5 Å². The summed E-state index contributed by atoms with van der Waals surface area (Å²) in [6.45, 7) is -0.407. The zero-order valence-electron chi connectivity index (χ0n) is 12.2. The molecule has 0 unspecified atom stereocenters. The van der Waals surface area contributed by atoms with Crippen molar-refractivity contribution in [3.63, 3.8) is 0 Å². The van der Waals surface area contributed by atoms with Crippen molar-refractivity contribution in [2.24, 2.45) is 0 Å². The number of carbonyl (C=O) groups excluding carboxylic acids is 2. The third kappa shape index (κ3) is 3.70. The van der Waals surface area contributed by atoms with Crippen LogP contribution in [-0.2, 0) is 9.53 Å². The van der Waals surface area contributed by atoms with Gasteiger partial charge in [-0.05, 0) is 29.7 Å². The van der Waals surface area contributed by atoms with E-state index in [1.807, 2.05) is 24.3 Å². The number of hydrogen-bond acceptors (Lipinski definition) is 4. The van der Waals surface area contributed by atoms with Gasteiger partial charge in [-0.1, -0.05) is 47.5 Å². The average molecular weight is 380 g/mol. The summed E-state index contributed by atoms with van der Waals surface area (Å²) in [4.78, 5) is 24.4. The van der Waals surface area contributed by atoms with Gasteiger partial charge in [-0.15, -0.1) is 11.3 Å². The molecule has 3 aromatic rings. The molecule has 3 rings (SSSR count). The number of esters is 1. The highest BCUT2D eigenvalue weighted by Crippen LogP contribution is 2.29. The van der Waals surface area contributed by atoms with Crippen molar-refractivity contribution < 1.29 is 14.3 Å². The molecule has 1 N–H and O–H groups in total. The van der Waals surface area contributed by atoms with Gasteiger partial charge in [0, 0.05) is 4.70 Å². The molecule has 0 bridgehead atoms. The standard InChI is InChI=1S/C17H11Cl2NO3S/c18-11-5-3-6-12(16(11)19)20-15(21)9-23-17(22)14-8-10-4-1-2-7-13(10)24-14/h1-8H,9H2,(H,20,21). The maximum absolute atomic E-state index is 12.1. The SMILES string of the molecule is O=C(COC(=O)c1cc2ccccc2s1)Nc1cccc(Cl)c1Cl. The van der Waals surface area contributed by atoms with E-state index in [0.29, 0.717) is 15.6 Å². The van der Waals surface area contributed by atoms with Crippen LogP contribution in [-0.4, -0.2) is 18.5 Å². The van der Waals surface area contributed by atoms with Crippen molar-refractivity contribution in [2.45, 2.75) is 0 Å². The number of halogens is 2. The molecule has 0 aliphatic rings. The highest BCUT2D eigenvalue weighted by molar-refractivity contribution is 7.20. The molecule has 122 valence electrons. The van der Waals surface area contributed by atoms with E-state index >= 15 is 0 Å². The maximum Gasteiger partial charge on any atom is 0.348 e. The lowest BCUT2D eigenvalue weighted by Crippen LogP contribution is -2.20. The molecule has 4 nitrogen and oxygen atoms in total. The Morgan fingerprint density at radius 3 is 2.67 bits per heavy atom. The van der Waals surface area contributed by atoms with Crippen LogP contribution in [0, 0.1) is 0 Å². The molecule has 0 aliphatic carbocycles. The van der Waals surface area contributed by atoms with Crippen molar-refractivity contribution >= 4 is 62.2 Å². The minimum Gasteiger partial charge on any atom is -0.451 e. The first kappa shape index (κ1) is 16.8. The molecule has 0 fully saturated rings. The Morgan fingerprint density at radius 2 is 1.88 bits per heavy atom. The molecule has 24 heavy (non-hydrogen) atoms. The van der Waals surface area contributed by atoms with Crippen molar-refractivity contribution in [1.29, 1.82) is 0 Å². The van der Waals surface area contributed by atoms with Gasteiger partial charge in [0.15, 0.2) is 6.61 Å². The van der Waals surface area contributed by atoms with E-state index in [9.17, 15) is 9.59 Å². The molecular formula is C17H11Cl2NO3S. The fourth-order valence-electron chi connectivity index (χ4n) is 2.07. The zero-order valence-corrected chi connectivity index (χ0v) is 14.5. The number of carbonyl (C=O) groups is 2. The summed E-state index contributed by atoms with van der Waals surface area (Å²) in [6.07, 6.45) is 0. The molecule has 1 aromatic heterocycles. The monoisotopic (exact) mass is 379 g/mol. The third-order valence-electron chi connectivity index (χ3n) is 3.19. The van der Waals surface area contributed by atoms with Crippen LogP contribution in [0.4, 0.5) is 5.69 Å². The van der Waals surface area contributed by atoms with Crippen LogP contribution in [0.1, 0.15) is 9.67 Å². The Morgan fingerprint density at radius 1 is 1.08 bits per heavy atom. The fraction of sp³-hybridized carbons (Fsp3) is 0.0588. The van der Waals surface area contributed by atoms with Crippen molar-refractivity contribution in [1.82, 2.24) is 0 Å². The van der Waals surface area contributed by atoms with Crippen LogP contribution >= 0.6 is 34.5 Å². The van der Waals surface area contributed by atoms with Gasteiger partial charge in [0.2, 0.25) is 0 Å². The van der Waals surface area contributed by atoms with Gasteiger partial charge in [-0.2, -0.15) is 0 Å². The summed E-state index contributed by atoms with van der Waals surface area (Å²) in [5, 5.41) is 4.09. The Labute approximate surface area is 151 Å². The molecule has 0 saturated heterocycles. The number of benzene rings is 2. The van der Waals surface area contributed by atoms with Gasteiger partial charge in [-0.25, -0.2) is 4.79 Å². The predicted octanol–water partition coefficient (Wildman–Crippen LogP) is 5.00. The minimum atomic E-state index is -0.538. The summed E-state index contributed by atoms with van der Waals surface area (Å²) in [7, 11) is 0. The van der Waals surface area contributed by atoms with Crippen LogP contribution < -0.4 is 5.32 Å². The molecule has 1 amide bonds. The van der Waals surface area contributed by atoms with Gasteiger partial charge in [-0.3, -0.25) is 4.79 Å². The Kier molecular flexibility index (Phi) is 5.04. The molecule has 1 heterocycles. The van der Waals surface area contributed by atoms with Gasteiger partial charge in [0.25, 0.3) is 5.91 Å². The topological polar surface area (TPSA) is 55.4 Å². The summed E-state index contributed by atoms with van der Waals surface area (Å²) in [5.41, 5.74) is 0.368. The molecule has 0 saturated carbocycles. The number of amides is 1. The number of hydrogen-bond donors (Lipinski definition) is 1. The number of anilines is 1. The van der Waals surface area contributed by atoms with E-state index in [-0.39, 0.29) is 5.02 Å². The average Bonchev–Trinajstić information content (AvgIpc) is 3.01. The number of rotatable bonds is 4. The maximum atomic E-state index is 12.1. The van der Waals surface area contributed by atoms with E-state index in [4.69, 9.17) is 27.9 Å². The van der Waals surface area contributed by atoms with E-state index < -0.39 is 18.5 Å². The first-order valence-corrected chi connectivity index (χ1v) is 8.51. The van der Waals surface area contributed by atoms with E-state index in [1.165, 1.54) is 11.3 Å². The van der Waals surface area contributed by atoms with Gasteiger partial charge in [0.1, 0.15) is 4.88 Å². The second kappa shape index (κ2) is 7.21. The van der Waals surface area contributed by atoms with Gasteiger partial charge >= 0.3 is 5.97 Å². The Bertz CT molecular complexity index is 890. The van der Waals surface area contributed by atoms with E-state index in [1.54, 1.807) is 24.3 Å². The predicted molar refractivity (Wildman–Crippen MR) is 97.2 cm³/mol. The molecule has 7 heteroatoms. The third-order valence-corrected chi connectivity index (χ3v) is 5.10. The summed E-state index contributed by atoms with van der Waals surface area (Å²) in [5.74, 6) is -1.03. The van der Waals surface area contributed by atoms with E-state index in [0.717, 1.165) is 10.1 Å². The van der Waals surface area contributed by atoms with Crippen molar-refractivity contribution in [2.75, 3.05) is 11.9 Å². The summed E-state index contributed by atoms with van der Waals surface area (Å²) < 4.78 is 6.03. The Hall–Kier alpha value is -2.08. The minimum absolute atomic E-state index is 0.239. The largest absolute Gasteiger partial charge is 0.451 e. The number of thiophene rings is 1. The molecule has 0 aliphatic heterocycles. The number of nitrogens with one attached hydrogen (secondary N) is 1. The highest BCUT2D eigenvalue weighted by atomic mass is 35.5. The molecule has 0 spiro atoms. The fourth-order valence-corrected chi connectivity index (χ4v) is 3.38. The lowest BCUT2D eigenvalue weighted by atomic mass is 10.2. The zero-order chi connectivity index (χ0) is 17.1. The quantitative estimate of drug-likeness (QED) is 0.648. The van der Waals surface area contributed by atoms with E-state index in [2.05, 4.69) is 5.32 Å². The van der Waals surface area contributed by atoms with Gasteiger partial charge in [0.05, 0.1) is 15.7 Å². The number of ether oxygens (including phenoxy) is 1.